The topological polar surface area (TPSA) is 83.9 Å². The van der Waals surface area contributed by atoms with Crippen molar-refractivity contribution in [3.63, 3.8) is 0 Å². The molecule has 2 aromatic heterocycles. The standard InChI is InChI=1S/C14H17FN6OS/c1-2-10-11(15)12(17-7-16-10)21-5-3-9(4-6-21)13(22)19-14-20-18-8-23-14/h7-9H,2-6H2,1H3,(H,19,20,22). The van der Waals surface area contributed by atoms with Crippen molar-refractivity contribution >= 4 is 28.2 Å². The number of nitrogens with one attached hydrogen (secondary N) is 1. The second-order valence-electron chi connectivity index (χ2n) is 5.31. The highest BCUT2D eigenvalue weighted by Crippen LogP contribution is 2.25. The molecule has 3 rings (SSSR count). The highest BCUT2D eigenvalue weighted by molar-refractivity contribution is 7.13. The Bertz CT molecular complexity index is 672. The molecule has 0 unspecified atom stereocenters. The van der Waals surface area contributed by atoms with Gasteiger partial charge in [0.25, 0.3) is 0 Å². The third-order valence-electron chi connectivity index (χ3n) is 3.93. The Balaban J connectivity index is 1.61. The van der Waals surface area contributed by atoms with E-state index >= 15 is 0 Å². The maximum Gasteiger partial charge on any atom is 0.229 e. The molecule has 0 bridgehead atoms. The number of hydrogen-bond acceptors (Lipinski definition) is 7. The van der Waals surface area contributed by atoms with Crippen molar-refractivity contribution in [2.45, 2.75) is 26.2 Å². The van der Waals surface area contributed by atoms with Crippen LogP contribution in [0.25, 0.3) is 0 Å². The Morgan fingerprint density at radius 3 is 2.87 bits per heavy atom. The lowest BCUT2D eigenvalue weighted by Crippen LogP contribution is -2.39. The number of aryl methyl sites for hydroxylation is 1. The van der Waals surface area contributed by atoms with Crippen LogP contribution in [0.1, 0.15) is 25.5 Å². The lowest BCUT2D eigenvalue weighted by Gasteiger charge is -2.32. The van der Waals surface area contributed by atoms with Crippen LogP contribution in [0.2, 0.25) is 0 Å². The van der Waals surface area contributed by atoms with E-state index in [-0.39, 0.29) is 17.6 Å². The summed E-state index contributed by atoms with van der Waals surface area (Å²) in [6.07, 6.45) is 3.22. The maximum absolute atomic E-state index is 14.3. The van der Waals surface area contributed by atoms with Crippen molar-refractivity contribution in [1.29, 1.82) is 0 Å². The predicted molar refractivity (Wildman–Crippen MR) is 84.8 cm³/mol. The molecule has 23 heavy (non-hydrogen) atoms. The molecular weight excluding hydrogens is 319 g/mol. The summed E-state index contributed by atoms with van der Waals surface area (Å²) in [5, 5.41) is 10.8. The summed E-state index contributed by atoms with van der Waals surface area (Å²) in [6.45, 7) is 3.04. The number of hydrogen-bond donors (Lipinski definition) is 1. The number of rotatable bonds is 4. The SMILES string of the molecule is CCc1ncnc(N2CCC(C(=O)Nc3nncs3)CC2)c1F. The lowest BCUT2D eigenvalue weighted by molar-refractivity contribution is -0.120. The molecule has 0 aliphatic carbocycles. The number of anilines is 2. The van der Waals surface area contributed by atoms with Gasteiger partial charge in [0.15, 0.2) is 11.6 Å². The molecule has 1 aliphatic heterocycles. The molecule has 1 fully saturated rings. The molecule has 7 nitrogen and oxygen atoms in total. The molecule has 0 atom stereocenters. The average Bonchev–Trinajstić information content (AvgIpc) is 3.08. The summed E-state index contributed by atoms with van der Waals surface area (Å²) in [4.78, 5) is 22.1. The minimum absolute atomic E-state index is 0.0567. The van der Waals surface area contributed by atoms with E-state index in [1.54, 1.807) is 5.51 Å². The average molecular weight is 336 g/mol. The Labute approximate surface area is 137 Å². The Hall–Kier alpha value is -2.16. The molecule has 122 valence electrons. The summed E-state index contributed by atoms with van der Waals surface area (Å²) in [7, 11) is 0. The maximum atomic E-state index is 14.3. The molecular formula is C14H17FN6OS. The van der Waals surface area contributed by atoms with Gasteiger partial charge in [-0.1, -0.05) is 18.3 Å². The number of piperidine rings is 1. The van der Waals surface area contributed by atoms with Gasteiger partial charge in [0.1, 0.15) is 11.8 Å². The van der Waals surface area contributed by atoms with E-state index in [0.717, 1.165) is 0 Å². The Morgan fingerprint density at radius 1 is 1.43 bits per heavy atom. The van der Waals surface area contributed by atoms with Crippen LogP contribution in [0.3, 0.4) is 0 Å². The molecule has 1 aliphatic rings. The van der Waals surface area contributed by atoms with Gasteiger partial charge >= 0.3 is 0 Å². The first-order valence-electron chi connectivity index (χ1n) is 7.50. The number of carbonyl (C=O) groups is 1. The van der Waals surface area contributed by atoms with Crippen LogP contribution in [0, 0.1) is 11.7 Å². The zero-order chi connectivity index (χ0) is 16.2. The third-order valence-corrected chi connectivity index (χ3v) is 4.54. The van der Waals surface area contributed by atoms with Gasteiger partial charge in [0.05, 0.1) is 5.69 Å². The van der Waals surface area contributed by atoms with Gasteiger partial charge in [-0.05, 0) is 19.3 Å². The summed E-state index contributed by atoms with van der Waals surface area (Å²) in [5.74, 6) is -0.184. The number of amides is 1. The fourth-order valence-corrected chi connectivity index (χ4v) is 3.10. The molecule has 3 heterocycles. The smallest absolute Gasteiger partial charge is 0.229 e. The van der Waals surface area contributed by atoms with Gasteiger partial charge in [-0.2, -0.15) is 0 Å². The van der Waals surface area contributed by atoms with E-state index in [9.17, 15) is 9.18 Å². The largest absolute Gasteiger partial charge is 0.354 e. The van der Waals surface area contributed by atoms with E-state index in [0.29, 0.717) is 49.0 Å². The molecule has 1 N–H and O–H groups in total. The fraction of sp³-hybridized carbons (Fsp3) is 0.500. The first kappa shape index (κ1) is 15.7. The molecule has 0 radical (unpaired) electrons. The van der Waals surface area contributed by atoms with Gasteiger partial charge in [-0.15, -0.1) is 10.2 Å². The van der Waals surface area contributed by atoms with E-state index in [2.05, 4.69) is 25.5 Å². The molecule has 1 saturated heterocycles. The predicted octanol–water partition coefficient (Wildman–Crippen LogP) is 1.88. The van der Waals surface area contributed by atoms with Gasteiger partial charge in [0.2, 0.25) is 11.0 Å². The van der Waals surface area contributed by atoms with Crippen molar-refractivity contribution in [1.82, 2.24) is 20.2 Å². The van der Waals surface area contributed by atoms with Crippen LogP contribution in [-0.4, -0.2) is 39.2 Å². The van der Waals surface area contributed by atoms with Crippen LogP contribution in [0.4, 0.5) is 15.3 Å². The fourth-order valence-electron chi connectivity index (χ4n) is 2.65. The Morgan fingerprint density at radius 2 is 2.22 bits per heavy atom. The van der Waals surface area contributed by atoms with Crippen molar-refractivity contribution in [3.05, 3.63) is 23.3 Å². The van der Waals surface area contributed by atoms with Gasteiger partial charge in [0, 0.05) is 19.0 Å². The number of aromatic nitrogens is 4. The lowest BCUT2D eigenvalue weighted by atomic mass is 9.96. The normalized spacial score (nSPS) is 15.7. The number of carbonyl (C=O) groups excluding carboxylic acids is 1. The second-order valence-corrected chi connectivity index (χ2v) is 6.14. The second kappa shape index (κ2) is 6.95. The number of nitrogens with zero attached hydrogens (tertiary/aromatic N) is 5. The zero-order valence-electron chi connectivity index (χ0n) is 12.7. The van der Waals surface area contributed by atoms with Gasteiger partial charge in [-0.3, -0.25) is 4.79 Å². The van der Waals surface area contributed by atoms with E-state index in [1.807, 2.05) is 11.8 Å². The minimum Gasteiger partial charge on any atom is -0.354 e. The molecule has 2 aromatic rings. The molecule has 1 amide bonds. The minimum atomic E-state index is -0.355. The zero-order valence-corrected chi connectivity index (χ0v) is 13.5. The highest BCUT2D eigenvalue weighted by atomic mass is 32.1. The number of halogens is 1. The van der Waals surface area contributed by atoms with E-state index in [4.69, 9.17) is 0 Å². The quantitative estimate of drug-likeness (QED) is 0.918. The van der Waals surface area contributed by atoms with Crippen molar-refractivity contribution in [2.75, 3.05) is 23.3 Å². The Kier molecular flexibility index (Phi) is 4.75. The van der Waals surface area contributed by atoms with Gasteiger partial charge in [-0.25, -0.2) is 14.4 Å². The van der Waals surface area contributed by atoms with Crippen LogP contribution in [-0.2, 0) is 11.2 Å². The first-order valence-corrected chi connectivity index (χ1v) is 8.38. The van der Waals surface area contributed by atoms with Crippen molar-refractivity contribution in [2.24, 2.45) is 5.92 Å². The molecule has 0 spiro atoms. The molecule has 0 saturated carbocycles. The van der Waals surface area contributed by atoms with Gasteiger partial charge < -0.3 is 10.2 Å². The summed E-state index contributed by atoms with van der Waals surface area (Å²) in [6, 6.07) is 0. The molecule has 0 aromatic carbocycles. The van der Waals surface area contributed by atoms with Crippen molar-refractivity contribution < 1.29 is 9.18 Å². The van der Waals surface area contributed by atoms with Crippen LogP contribution in [0.15, 0.2) is 11.8 Å². The highest BCUT2D eigenvalue weighted by Gasteiger charge is 2.28. The molecule has 9 heteroatoms. The van der Waals surface area contributed by atoms with Crippen LogP contribution >= 0.6 is 11.3 Å². The van der Waals surface area contributed by atoms with Crippen LogP contribution in [0.5, 0.6) is 0 Å². The van der Waals surface area contributed by atoms with E-state index in [1.165, 1.54) is 17.7 Å². The van der Waals surface area contributed by atoms with Crippen LogP contribution < -0.4 is 10.2 Å². The third kappa shape index (κ3) is 3.44. The van der Waals surface area contributed by atoms with E-state index < -0.39 is 0 Å². The summed E-state index contributed by atoms with van der Waals surface area (Å²) in [5.41, 5.74) is 1.99. The summed E-state index contributed by atoms with van der Waals surface area (Å²) < 4.78 is 14.3. The first-order chi connectivity index (χ1) is 11.2. The monoisotopic (exact) mass is 336 g/mol. The van der Waals surface area contributed by atoms with Crippen molar-refractivity contribution in [3.8, 4) is 0 Å². The summed E-state index contributed by atoms with van der Waals surface area (Å²) >= 11 is 1.29.